The maximum atomic E-state index is 12.3. The molecular weight excluding hydrogens is 342 g/mol. The number of sulfonamides is 1. The van der Waals surface area contributed by atoms with Crippen LogP contribution in [-0.2, 0) is 19.6 Å². The number of carbonyl (C=O) groups excluding carboxylic acids is 2. The fourth-order valence-electron chi connectivity index (χ4n) is 2.87. The van der Waals surface area contributed by atoms with Crippen molar-refractivity contribution < 1.29 is 18.0 Å². The number of rotatable bonds is 7. The molecule has 8 heteroatoms. The van der Waals surface area contributed by atoms with Gasteiger partial charge in [0.1, 0.15) is 0 Å². The van der Waals surface area contributed by atoms with Crippen molar-refractivity contribution in [2.24, 2.45) is 5.92 Å². The maximum Gasteiger partial charge on any atom is 0.240 e. The highest BCUT2D eigenvalue weighted by Crippen LogP contribution is 2.17. The molecule has 0 aliphatic carbocycles. The van der Waals surface area contributed by atoms with Crippen molar-refractivity contribution in [1.29, 1.82) is 0 Å². The van der Waals surface area contributed by atoms with Gasteiger partial charge in [-0.3, -0.25) is 9.59 Å². The first kappa shape index (κ1) is 19.4. The lowest BCUT2D eigenvalue weighted by atomic mass is 9.97. The number of amides is 2. The van der Waals surface area contributed by atoms with Gasteiger partial charge in [-0.1, -0.05) is 18.2 Å². The number of nitrogens with one attached hydrogen (secondary N) is 2. The summed E-state index contributed by atoms with van der Waals surface area (Å²) in [5.74, 6) is -0.340. The predicted octanol–water partition coefficient (Wildman–Crippen LogP) is 0.730. The Hall–Kier alpha value is -1.93. The van der Waals surface area contributed by atoms with Gasteiger partial charge in [0.05, 0.1) is 10.8 Å². The highest BCUT2D eigenvalue weighted by molar-refractivity contribution is 7.89. The van der Waals surface area contributed by atoms with Crippen LogP contribution in [0.5, 0.6) is 0 Å². The SMILES string of the molecule is CCNC(=O)C1CCCN(C(=O)CCNS(=O)(=O)c2ccccc2)C1. The average molecular weight is 367 g/mol. The first-order valence-electron chi connectivity index (χ1n) is 8.54. The average Bonchev–Trinajstić information content (AvgIpc) is 2.62. The van der Waals surface area contributed by atoms with E-state index < -0.39 is 10.0 Å². The lowest BCUT2D eigenvalue weighted by Gasteiger charge is -2.32. The Labute approximate surface area is 148 Å². The lowest BCUT2D eigenvalue weighted by Crippen LogP contribution is -2.46. The molecule has 1 aliphatic heterocycles. The molecule has 2 amide bonds. The first-order valence-corrected chi connectivity index (χ1v) is 10.0. The van der Waals surface area contributed by atoms with Crippen molar-refractivity contribution in [2.75, 3.05) is 26.2 Å². The zero-order valence-corrected chi connectivity index (χ0v) is 15.2. The number of piperidine rings is 1. The van der Waals surface area contributed by atoms with E-state index in [2.05, 4.69) is 10.0 Å². The van der Waals surface area contributed by atoms with Crippen LogP contribution < -0.4 is 10.0 Å². The second kappa shape index (κ2) is 8.96. The third-order valence-corrected chi connectivity index (χ3v) is 5.66. The van der Waals surface area contributed by atoms with Crippen LogP contribution in [0.15, 0.2) is 35.2 Å². The van der Waals surface area contributed by atoms with E-state index in [1.54, 1.807) is 23.1 Å². The van der Waals surface area contributed by atoms with Gasteiger partial charge in [-0.15, -0.1) is 0 Å². The van der Waals surface area contributed by atoms with Crippen LogP contribution in [0.2, 0.25) is 0 Å². The van der Waals surface area contributed by atoms with Crippen molar-refractivity contribution >= 4 is 21.8 Å². The number of hydrogen-bond acceptors (Lipinski definition) is 4. The number of nitrogens with zero attached hydrogens (tertiary/aromatic N) is 1. The molecule has 1 unspecified atom stereocenters. The summed E-state index contributed by atoms with van der Waals surface area (Å²) in [6, 6.07) is 8.05. The summed E-state index contributed by atoms with van der Waals surface area (Å²) in [7, 11) is -3.60. The van der Waals surface area contributed by atoms with Crippen LogP contribution in [0.1, 0.15) is 26.2 Å². The highest BCUT2D eigenvalue weighted by Gasteiger charge is 2.28. The first-order chi connectivity index (χ1) is 11.9. The number of benzene rings is 1. The Morgan fingerprint density at radius 1 is 1.24 bits per heavy atom. The van der Waals surface area contributed by atoms with Gasteiger partial charge in [-0.05, 0) is 31.9 Å². The molecule has 1 aromatic rings. The van der Waals surface area contributed by atoms with Crippen molar-refractivity contribution in [3.63, 3.8) is 0 Å². The summed E-state index contributed by atoms with van der Waals surface area (Å²) in [5, 5.41) is 2.79. The quantitative estimate of drug-likeness (QED) is 0.743. The molecule has 1 heterocycles. The van der Waals surface area contributed by atoms with E-state index >= 15 is 0 Å². The molecule has 0 saturated carbocycles. The predicted molar refractivity (Wildman–Crippen MR) is 94.2 cm³/mol. The van der Waals surface area contributed by atoms with Gasteiger partial charge in [0.25, 0.3) is 0 Å². The third kappa shape index (κ3) is 5.54. The van der Waals surface area contributed by atoms with Gasteiger partial charge >= 0.3 is 0 Å². The van der Waals surface area contributed by atoms with Crippen LogP contribution in [0.4, 0.5) is 0 Å². The van der Waals surface area contributed by atoms with E-state index in [-0.39, 0.29) is 35.6 Å². The van der Waals surface area contributed by atoms with Gasteiger partial charge in [0, 0.05) is 32.6 Å². The zero-order valence-electron chi connectivity index (χ0n) is 14.4. The molecule has 25 heavy (non-hydrogen) atoms. The lowest BCUT2D eigenvalue weighted by molar-refractivity contribution is -0.135. The largest absolute Gasteiger partial charge is 0.356 e. The number of carbonyl (C=O) groups is 2. The normalized spacial score (nSPS) is 18.0. The fourth-order valence-corrected chi connectivity index (χ4v) is 3.92. The molecule has 0 spiro atoms. The standard InChI is InChI=1S/C17H25N3O4S/c1-2-18-17(22)14-7-6-12-20(13-14)16(21)10-11-19-25(23,24)15-8-4-3-5-9-15/h3-5,8-9,14,19H,2,6-7,10-13H2,1H3,(H,18,22). The number of likely N-dealkylation sites (tertiary alicyclic amines) is 1. The van der Waals surface area contributed by atoms with E-state index in [0.29, 0.717) is 19.6 Å². The maximum absolute atomic E-state index is 12.3. The summed E-state index contributed by atoms with van der Waals surface area (Å²) < 4.78 is 26.7. The fraction of sp³-hybridized carbons (Fsp3) is 0.529. The van der Waals surface area contributed by atoms with Crippen molar-refractivity contribution in [1.82, 2.24) is 14.9 Å². The van der Waals surface area contributed by atoms with E-state index in [0.717, 1.165) is 12.8 Å². The molecule has 0 radical (unpaired) electrons. The van der Waals surface area contributed by atoms with Gasteiger partial charge in [-0.25, -0.2) is 13.1 Å². The smallest absolute Gasteiger partial charge is 0.240 e. The van der Waals surface area contributed by atoms with Gasteiger partial charge in [0.2, 0.25) is 21.8 Å². The second-order valence-corrected chi connectivity index (χ2v) is 7.80. The minimum absolute atomic E-state index is 0.0234. The van der Waals surface area contributed by atoms with Crippen molar-refractivity contribution in [3.05, 3.63) is 30.3 Å². The Morgan fingerprint density at radius 3 is 2.64 bits per heavy atom. The molecule has 0 bridgehead atoms. The van der Waals surface area contributed by atoms with Gasteiger partial charge in [0.15, 0.2) is 0 Å². The van der Waals surface area contributed by atoms with Crippen LogP contribution in [0.3, 0.4) is 0 Å². The Kier molecular flexibility index (Phi) is 6.95. The molecule has 1 aliphatic rings. The van der Waals surface area contributed by atoms with Crippen LogP contribution in [-0.4, -0.2) is 51.3 Å². The molecule has 0 aromatic heterocycles. The van der Waals surface area contributed by atoms with Gasteiger partial charge < -0.3 is 10.2 Å². The van der Waals surface area contributed by atoms with E-state index in [1.807, 2.05) is 6.92 Å². The molecule has 1 fully saturated rings. The minimum Gasteiger partial charge on any atom is -0.356 e. The molecular formula is C17H25N3O4S. The Morgan fingerprint density at radius 2 is 1.96 bits per heavy atom. The Bertz CT molecular complexity index is 691. The van der Waals surface area contributed by atoms with Crippen LogP contribution >= 0.6 is 0 Å². The highest BCUT2D eigenvalue weighted by atomic mass is 32.2. The monoisotopic (exact) mass is 367 g/mol. The van der Waals surface area contributed by atoms with Gasteiger partial charge in [-0.2, -0.15) is 0 Å². The summed E-state index contributed by atoms with van der Waals surface area (Å²) in [5.41, 5.74) is 0. The molecule has 2 N–H and O–H groups in total. The molecule has 2 rings (SSSR count). The minimum atomic E-state index is -3.60. The third-order valence-electron chi connectivity index (χ3n) is 4.18. The van der Waals surface area contributed by atoms with Crippen LogP contribution in [0.25, 0.3) is 0 Å². The van der Waals surface area contributed by atoms with E-state index in [1.165, 1.54) is 12.1 Å². The molecule has 1 aromatic carbocycles. The molecule has 1 saturated heterocycles. The summed E-state index contributed by atoms with van der Waals surface area (Å²) in [4.78, 5) is 26.1. The van der Waals surface area contributed by atoms with Crippen LogP contribution in [0, 0.1) is 5.92 Å². The summed E-state index contributed by atoms with van der Waals surface area (Å²) in [6.07, 6.45) is 1.63. The Balaban J connectivity index is 1.83. The summed E-state index contributed by atoms with van der Waals surface area (Å²) in [6.45, 7) is 3.49. The summed E-state index contributed by atoms with van der Waals surface area (Å²) >= 11 is 0. The van der Waals surface area contributed by atoms with E-state index in [9.17, 15) is 18.0 Å². The molecule has 7 nitrogen and oxygen atoms in total. The zero-order chi connectivity index (χ0) is 18.3. The topological polar surface area (TPSA) is 95.6 Å². The molecule has 138 valence electrons. The van der Waals surface area contributed by atoms with Crippen molar-refractivity contribution in [3.8, 4) is 0 Å². The molecule has 1 atom stereocenters. The second-order valence-electron chi connectivity index (χ2n) is 6.03. The van der Waals surface area contributed by atoms with E-state index in [4.69, 9.17) is 0 Å². The number of hydrogen-bond donors (Lipinski definition) is 2. The van der Waals surface area contributed by atoms with Crippen molar-refractivity contribution in [2.45, 2.75) is 31.1 Å².